The van der Waals surface area contributed by atoms with Crippen LogP contribution in [-0.4, -0.2) is 54.4 Å². The first kappa shape index (κ1) is 17.2. The predicted octanol–water partition coefficient (Wildman–Crippen LogP) is 0.919. The lowest BCUT2D eigenvalue weighted by atomic mass is 10.1. The van der Waals surface area contributed by atoms with Crippen molar-refractivity contribution in [2.45, 2.75) is 26.2 Å². The van der Waals surface area contributed by atoms with Crippen molar-refractivity contribution in [3.8, 4) is 0 Å². The fourth-order valence-electron chi connectivity index (χ4n) is 2.77. The maximum absolute atomic E-state index is 8.99. The van der Waals surface area contributed by atoms with E-state index in [9.17, 15) is 0 Å². The van der Waals surface area contributed by atoms with E-state index >= 15 is 0 Å². The third-order valence-electron chi connectivity index (χ3n) is 4.25. The first-order valence-corrected chi connectivity index (χ1v) is 8.73. The molecule has 0 bridgehead atoms. The van der Waals surface area contributed by atoms with Gasteiger partial charge in [0.2, 0.25) is 0 Å². The Balaban J connectivity index is 1.79. The summed E-state index contributed by atoms with van der Waals surface area (Å²) in [5.74, 6) is 0. The molecule has 0 amide bonds. The van der Waals surface area contributed by atoms with Gasteiger partial charge < -0.3 is 20.2 Å². The van der Waals surface area contributed by atoms with Gasteiger partial charge in [0, 0.05) is 5.69 Å². The molecule has 22 heavy (non-hydrogen) atoms. The maximum Gasteiger partial charge on any atom is 0.173 e. The van der Waals surface area contributed by atoms with Gasteiger partial charge in [0.15, 0.2) is 5.11 Å². The van der Waals surface area contributed by atoms with Gasteiger partial charge in [-0.15, -0.1) is 0 Å². The monoisotopic (exact) mass is 322 g/mol. The number of hydrogen-bond donors (Lipinski definition) is 3. The number of benzene rings is 1. The highest BCUT2D eigenvalue weighted by molar-refractivity contribution is 7.80. The molecule has 3 N–H and O–H groups in total. The number of anilines is 1. The normalized spacial score (nSPS) is 15.8. The molecule has 0 unspecified atom stereocenters. The smallest absolute Gasteiger partial charge is 0.173 e. The van der Waals surface area contributed by atoms with E-state index in [0.717, 1.165) is 49.9 Å². The summed E-state index contributed by atoms with van der Waals surface area (Å²) in [6.45, 7) is 7.31. The second-order valence-electron chi connectivity index (χ2n) is 5.94. The largest absolute Gasteiger partial charge is 0.391 e. The molecule has 1 aromatic rings. The van der Waals surface area contributed by atoms with Crippen molar-refractivity contribution in [1.29, 1.82) is 0 Å². The van der Waals surface area contributed by atoms with Crippen LogP contribution < -0.4 is 10.2 Å². The predicted molar refractivity (Wildman–Crippen MR) is 95.5 cm³/mol. The molecule has 1 aliphatic rings. The molecule has 2 rings (SSSR count). The maximum atomic E-state index is 8.99. The van der Waals surface area contributed by atoms with Crippen LogP contribution in [0.15, 0.2) is 24.3 Å². The van der Waals surface area contributed by atoms with E-state index in [2.05, 4.69) is 41.4 Å². The number of aliphatic hydroxyl groups is 1. The zero-order valence-corrected chi connectivity index (χ0v) is 14.3. The molecule has 0 radical (unpaired) electrons. The molecule has 1 heterocycles. The molecule has 4 nitrogen and oxygen atoms in total. The third kappa shape index (κ3) is 5.23. The Bertz CT molecular complexity index is 455. The number of aryl methyl sites for hydroxylation is 1. The van der Waals surface area contributed by atoms with Crippen LogP contribution in [0.3, 0.4) is 0 Å². The van der Waals surface area contributed by atoms with Crippen molar-refractivity contribution < 1.29 is 10.0 Å². The quantitative estimate of drug-likeness (QED) is 0.681. The third-order valence-corrected chi connectivity index (χ3v) is 4.61. The number of rotatable bonds is 6. The number of nitrogens with one attached hydrogen (secondary N) is 2. The summed E-state index contributed by atoms with van der Waals surface area (Å²) in [7, 11) is 0. The Kier molecular flexibility index (Phi) is 7.09. The standard InChI is InChI=1S/C17H27N3OS/c1-2-3-4-15-5-7-16(8-6-15)18-17(22)20-11-9-19(10-12-20)13-14-21/h5-8,21H,2-4,9-14H2,1H3,(H,18,22)/p+1. The number of unbranched alkanes of at least 4 members (excludes halogenated alkanes) is 1. The average molecular weight is 322 g/mol. The highest BCUT2D eigenvalue weighted by atomic mass is 32.1. The Morgan fingerprint density at radius 3 is 2.55 bits per heavy atom. The molecule has 1 aromatic carbocycles. The Labute approximate surface area is 139 Å². The van der Waals surface area contributed by atoms with E-state index in [1.165, 1.54) is 23.3 Å². The minimum atomic E-state index is 0.266. The molecule has 0 saturated carbocycles. The number of hydrogen-bond acceptors (Lipinski definition) is 2. The first-order chi connectivity index (χ1) is 10.7. The molecule has 0 aliphatic carbocycles. The van der Waals surface area contributed by atoms with Gasteiger partial charge in [0.25, 0.3) is 0 Å². The lowest BCUT2D eigenvalue weighted by Gasteiger charge is -2.33. The van der Waals surface area contributed by atoms with Crippen molar-refractivity contribution in [2.75, 3.05) is 44.6 Å². The molecule has 122 valence electrons. The highest BCUT2D eigenvalue weighted by Crippen LogP contribution is 2.12. The minimum Gasteiger partial charge on any atom is -0.391 e. The second-order valence-corrected chi connectivity index (χ2v) is 6.33. The number of nitrogens with zero attached hydrogens (tertiary/aromatic N) is 1. The highest BCUT2D eigenvalue weighted by Gasteiger charge is 2.21. The van der Waals surface area contributed by atoms with Crippen molar-refractivity contribution in [1.82, 2.24) is 4.90 Å². The van der Waals surface area contributed by atoms with Crippen LogP contribution in [0.4, 0.5) is 5.69 Å². The zero-order chi connectivity index (χ0) is 15.8. The van der Waals surface area contributed by atoms with Crippen LogP contribution in [0.2, 0.25) is 0 Å². The Morgan fingerprint density at radius 1 is 1.27 bits per heavy atom. The van der Waals surface area contributed by atoms with Crippen molar-refractivity contribution in [3.05, 3.63) is 29.8 Å². The molecular formula is C17H28N3OS+. The average Bonchev–Trinajstić information content (AvgIpc) is 2.55. The van der Waals surface area contributed by atoms with E-state index < -0.39 is 0 Å². The van der Waals surface area contributed by atoms with Crippen LogP contribution in [0.5, 0.6) is 0 Å². The van der Waals surface area contributed by atoms with E-state index in [1.54, 1.807) is 0 Å². The minimum absolute atomic E-state index is 0.266. The molecule has 1 saturated heterocycles. The summed E-state index contributed by atoms with van der Waals surface area (Å²) in [6, 6.07) is 8.60. The molecule has 1 fully saturated rings. The van der Waals surface area contributed by atoms with Crippen LogP contribution in [0, 0.1) is 0 Å². The summed E-state index contributed by atoms with van der Waals surface area (Å²) < 4.78 is 0. The second kappa shape index (κ2) is 9.08. The first-order valence-electron chi connectivity index (χ1n) is 8.32. The SMILES string of the molecule is CCCCc1ccc(NC(=S)N2CC[NH+](CCO)CC2)cc1. The summed E-state index contributed by atoms with van der Waals surface area (Å²) in [5.41, 5.74) is 2.45. The van der Waals surface area contributed by atoms with Gasteiger partial charge in [0.1, 0.15) is 6.54 Å². The number of piperazine rings is 1. The zero-order valence-electron chi connectivity index (χ0n) is 13.5. The summed E-state index contributed by atoms with van der Waals surface area (Å²) >= 11 is 5.52. The fraction of sp³-hybridized carbons (Fsp3) is 0.588. The lowest BCUT2D eigenvalue weighted by Crippen LogP contribution is -3.15. The van der Waals surface area contributed by atoms with Crippen LogP contribution >= 0.6 is 12.2 Å². The van der Waals surface area contributed by atoms with Gasteiger partial charge in [-0.2, -0.15) is 0 Å². The van der Waals surface area contributed by atoms with E-state index in [-0.39, 0.29) is 6.61 Å². The van der Waals surface area contributed by atoms with E-state index in [0.29, 0.717) is 0 Å². The topological polar surface area (TPSA) is 39.9 Å². The van der Waals surface area contributed by atoms with Crippen molar-refractivity contribution >= 4 is 23.0 Å². The van der Waals surface area contributed by atoms with Gasteiger partial charge in [-0.1, -0.05) is 25.5 Å². The Morgan fingerprint density at radius 2 is 1.95 bits per heavy atom. The van der Waals surface area contributed by atoms with Gasteiger partial charge in [0.05, 0.1) is 32.8 Å². The lowest BCUT2D eigenvalue weighted by molar-refractivity contribution is -0.904. The van der Waals surface area contributed by atoms with Crippen molar-refractivity contribution in [2.24, 2.45) is 0 Å². The summed E-state index contributed by atoms with van der Waals surface area (Å²) in [4.78, 5) is 3.68. The van der Waals surface area contributed by atoms with Crippen LogP contribution in [0.1, 0.15) is 25.3 Å². The van der Waals surface area contributed by atoms with Crippen molar-refractivity contribution in [3.63, 3.8) is 0 Å². The van der Waals surface area contributed by atoms with Gasteiger partial charge in [-0.25, -0.2) is 0 Å². The summed E-state index contributed by atoms with van der Waals surface area (Å²) in [6.07, 6.45) is 3.62. The molecule has 0 spiro atoms. The van der Waals surface area contributed by atoms with Gasteiger partial charge in [-0.3, -0.25) is 0 Å². The number of aliphatic hydroxyl groups excluding tert-OH is 1. The number of thiocarbonyl (C=S) groups is 1. The summed E-state index contributed by atoms with van der Waals surface area (Å²) in [5, 5.41) is 13.1. The molecular weight excluding hydrogens is 294 g/mol. The van der Waals surface area contributed by atoms with E-state index in [1.807, 2.05) is 0 Å². The fourth-order valence-corrected chi connectivity index (χ4v) is 3.07. The van der Waals surface area contributed by atoms with Crippen LogP contribution in [-0.2, 0) is 6.42 Å². The molecule has 0 aromatic heterocycles. The van der Waals surface area contributed by atoms with E-state index in [4.69, 9.17) is 17.3 Å². The van der Waals surface area contributed by atoms with Crippen LogP contribution in [0.25, 0.3) is 0 Å². The number of quaternary nitrogens is 1. The van der Waals surface area contributed by atoms with Gasteiger partial charge >= 0.3 is 0 Å². The Hall–Kier alpha value is -1.17. The van der Waals surface area contributed by atoms with Gasteiger partial charge in [-0.05, 0) is 42.8 Å². The molecule has 0 atom stereocenters. The molecule has 1 aliphatic heterocycles. The molecule has 5 heteroatoms.